The molecule has 21 heavy (non-hydrogen) atoms. The summed E-state index contributed by atoms with van der Waals surface area (Å²) in [5, 5.41) is 12.2. The zero-order valence-corrected chi connectivity index (χ0v) is 12.5. The molecule has 1 saturated carbocycles. The van der Waals surface area contributed by atoms with Gasteiger partial charge in [-0.15, -0.1) is 0 Å². The van der Waals surface area contributed by atoms with E-state index in [9.17, 15) is 5.11 Å². The molecule has 0 spiro atoms. The van der Waals surface area contributed by atoms with Gasteiger partial charge in [-0.3, -0.25) is 4.98 Å². The Morgan fingerprint density at radius 2 is 1.81 bits per heavy atom. The number of fused-ring (bicyclic) bond motifs is 1. The number of benzene rings is 1. The summed E-state index contributed by atoms with van der Waals surface area (Å²) in [7, 11) is 0. The number of rotatable bonds is 3. The number of aromatic nitrogens is 1. The first-order valence-corrected chi connectivity index (χ1v) is 7.99. The summed E-state index contributed by atoms with van der Waals surface area (Å²) < 4.78 is 0. The summed E-state index contributed by atoms with van der Waals surface area (Å²) in [4.78, 5) is 4.49. The Hall–Kier alpha value is -1.45. The van der Waals surface area contributed by atoms with E-state index in [1.165, 1.54) is 12.8 Å². The number of aliphatic hydroxyl groups is 1. The Bertz CT molecular complexity index is 598. The van der Waals surface area contributed by atoms with E-state index >= 15 is 0 Å². The lowest BCUT2D eigenvalue weighted by Gasteiger charge is -2.37. The van der Waals surface area contributed by atoms with Crippen LogP contribution in [-0.4, -0.2) is 16.6 Å². The summed E-state index contributed by atoms with van der Waals surface area (Å²) in [6.45, 7) is 0.539. The van der Waals surface area contributed by atoms with Crippen LogP contribution in [0.25, 0.3) is 10.9 Å². The Morgan fingerprint density at radius 3 is 2.52 bits per heavy atom. The Morgan fingerprint density at radius 1 is 1.10 bits per heavy atom. The first-order chi connectivity index (χ1) is 10.3. The van der Waals surface area contributed by atoms with E-state index in [-0.39, 0.29) is 5.41 Å². The van der Waals surface area contributed by atoms with Gasteiger partial charge in [-0.05, 0) is 18.9 Å². The maximum Gasteiger partial charge on any atom is 0.0879 e. The van der Waals surface area contributed by atoms with Crippen LogP contribution in [0, 0.1) is 5.41 Å². The number of aliphatic hydroxyl groups excluding tert-OH is 1. The van der Waals surface area contributed by atoms with E-state index in [2.05, 4.69) is 4.98 Å². The molecule has 0 bridgehead atoms. The van der Waals surface area contributed by atoms with Gasteiger partial charge in [0.15, 0.2) is 0 Å². The van der Waals surface area contributed by atoms with Crippen LogP contribution < -0.4 is 5.73 Å². The third kappa shape index (κ3) is 2.68. The molecule has 3 N–H and O–H groups in total. The van der Waals surface area contributed by atoms with Crippen molar-refractivity contribution in [2.24, 2.45) is 11.1 Å². The first kappa shape index (κ1) is 14.5. The molecule has 1 unspecified atom stereocenters. The highest BCUT2D eigenvalue weighted by Gasteiger charge is 2.38. The first-order valence-electron chi connectivity index (χ1n) is 7.99. The van der Waals surface area contributed by atoms with Crippen molar-refractivity contribution in [2.75, 3.05) is 6.54 Å². The number of para-hydroxylation sites is 1. The zero-order valence-electron chi connectivity index (χ0n) is 12.5. The molecule has 1 atom stereocenters. The second-order valence-electron chi connectivity index (χ2n) is 6.31. The minimum absolute atomic E-state index is 0.192. The Balaban J connectivity index is 2.03. The monoisotopic (exact) mass is 284 g/mol. The van der Waals surface area contributed by atoms with Gasteiger partial charge < -0.3 is 10.8 Å². The lowest BCUT2D eigenvalue weighted by molar-refractivity contribution is 0.0176. The quantitative estimate of drug-likeness (QED) is 0.847. The van der Waals surface area contributed by atoms with Crippen LogP contribution in [0.4, 0.5) is 0 Å². The third-order valence-electron chi connectivity index (χ3n) is 5.04. The van der Waals surface area contributed by atoms with Crippen molar-refractivity contribution in [3.8, 4) is 0 Å². The third-order valence-corrected chi connectivity index (χ3v) is 5.04. The zero-order chi connectivity index (χ0) is 14.7. The Kier molecular flexibility index (Phi) is 4.22. The Labute approximate surface area is 126 Å². The van der Waals surface area contributed by atoms with Gasteiger partial charge in [0.25, 0.3) is 0 Å². The average molecular weight is 284 g/mol. The molecule has 1 aromatic carbocycles. The van der Waals surface area contributed by atoms with Crippen molar-refractivity contribution >= 4 is 10.9 Å². The van der Waals surface area contributed by atoms with Gasteiger partial charge in [-0.1, -0.05) is 49.9 Å². The number of hydrogen-bond acceptors (Lipinski definition) is 3. The predicted octanol–water partition coefficient (Wildman–Crippen LogP) is 3.57. The predicted molar refractivity (Wildman–Crippen MR) is 85.9 cm³/mol. The number of nitrogens with two attached hydrogens (primary N) is 1. The summed E-state index contributed by atoms with van der Waals surface area (Å²) in [6, 6.07) is 10.0. The van der Waals surface area contributed by atoms with Crippen LogP contribution in [0.5, 0.6) is 0 Å². The van der Waals surface area contributed by atoms with Gasteiger partial charge in [0.1, 0.15) is 0 Å². The minimum atomic E-state index is -0.529. The van der Waals surface area contributed by atoms with Gasteiger partial charge >= 0.3 is 0 Å². The van der Waals surface area contributed by atoms with Gasteiger partial charge in [0.05, 0.1) is 11.6 Å². The molecule has 1 aromatic heterocycles. The molecule has 1 fully saturated rings. The lowest BCUT2D eigenvalue weighted by atomic mass is 9.72. The van der Waals surface area contributed by atoms with Crippen molar-refractivity contribution in [3.63, 3.8) is 0 Å². The van der Waals surface area contributed by atoms with Crippen molar-refractivity contribution in [2.45, 2.75) is 44.6 Å². The van der Waals surface area contributed by atoms with E-state index in [0.29, 0.717) is 6.54 Å². The average Bonchev–Trinajstić information content (AvgIpc) is 2.80. The molecule has 112 valence electrons. The minimum Gasteiger partial charge on any atom is -0.388 e. The van der Waals surface area contributed by atoms with E-state index in [1.807, 2.05) is 30.3 Å². The van der Waals surface area contributed by atoms with Crippen molar-refractivity contribution in [3.05, 3.63) is 42.1 Å². The van der Waals surface area contributed by atoms with Crippen LogP contribution in [-0.2, 0) is 0 Å². The summed E-state index contributed by atoms with van der Waals surface area (Å²) in [5.74, 6) is 0. The van der Waals surface area contributed by atoms with Crippen LogP contribution in [0.15, 0.2) is 36.5 Å². The fourth-order valence-electron chi connectivity index (χ4n) is 3.70. The van der Waals surface area contributed by atoms with Crippen LogP contribution in [0.2, 0.25) is 0 Å². The van der Waals surface area contributed by atoms with Gasteiger partial charge in [0, 0.05) is 29.1 Å². The fraction of sp³-hybridized carbons (Fsp3) is 0.500. The van der Waals surface area contributed by atoms with Crippen molar-refractivity contribution < 1.29 is 5.11 Å². The van der Waals surface area contributed by atoms with Gasteiger partial charge in [-0.25, -0.2) is 0 Å². The number of nitrogens with zero attached hydrogens (tertiary/aromatic N) is 1. The highest BCUT2D eigenvalue weighted by molar-refractivity contribution is 5.81. The molecule has 0 radical (unpaired) electrons. The van der Waals surface area contributed by atoms with Crippen LogP contribution in [0.3, 0.4) is 0 Å². The topological polar surface area (TPSA) is 59.1 Å². The maximum atomic E-state index is 11.1. The smallest absolute Gasteiger partial charge is 0.0879 e. The summed E-state index contributed by atoms with van der Waals surface area (Å²) in [5.41, 5.74) is 7.76. The van der Waals surface area contributed by atoms with Crippen molar-refractivity contribution in [1.29, 1.82) is 0 Å². The normalized spacial score (nSPS) is 20.1. The van der Waals surface area contributed by atoms with E-state index < -0.39 is 6.10 Å². The van der Waals surface area contributed by atoms with E-state index in [4.69, 9.17) is 5.73 Å². The highest BCUT2D eigenvalue weighted by atomic mass is 16.3. The molecular formula is C18H24N2O. The molecule has 0 aliphatic heterocycles. The second-order valence-corrected chi connectivity index (χ2v) is 6.31. The molecule has 0 saturated heterocycles. The molecule has 1 heterocycles. The molecule has 0 amide bonds. The van der Waals surface area contributed by atoms with E-state index in [1.54, 1.807) is 6.20 Å². The largest absolute Gasteiger partial charge is 0.388 e. The maximum absolute atomic E-state index is 11.1. The van der Waals surface area contributed by atoms with Crippen LogP contribution in [0.1, 0.15) is 50.2 Å². The molecule has 1 aliphatic carbocycles. The summed E-state index contributed by atoms with van der Waals surface area (Å²) >= 11 is 0. The SMILES string of the molecule is NCC1(C(O)c2cccc3cccnc23)CCCCCC1. The van der Waals surface area contributed by atoms with Crippen LogP contribution >= 0.6 is 0 Å². The highest BCUT2D eigenvalue weighted by Crippen LogP contribution is 2.45. The molecule has 3 rings (SSSR count). The number of hydrogen-bond donors (Lipinski definition) is 2. The fourth-order valence-corrected chi connectivity index (χ4v) is 3.70. The van der Waals surface area contributed by atoms with E-state index in [0.717, 1.165) is 42.1 Å². The standard InChI is InChI=1S/C18H24N2O/c19-13-18(10-3-1-2-4-11-18)17(21)15-9-5-7-14-8-6-12-20-16(14)15/h5-9,12,17,21H,1-4,10-11,13,19H2. The summed E-state index contributed by atoms with van der Waals surface area (Å²) in [6.07, 6.45) is 8.10. The second kappa shape index (κ2) is 6.12. The molecule has 3 nitrogen and oxygen atoms in total. The molecular weight excluding hydrogens is 260 g/mol. The lowest BCUT2D eigenvalue weighted by Crippen LogP contribution is -2.36. The molecule has 3 heteroatoms. The van der Waals surface area contributed by atoms with Gasteiger partial charge in [-0.2, -0.15) is 0 Å². The van der Waals surface area contributed by atoms with Gasteiger partial charge in [0.2, 0.25) is 0 Å². The molecule has 2 aromatic rings. The number of pyridine rings is 1. The molecule has 1 aliphatic rings. The van der Waals surface area contributed by atoms with Crippen molar-refractivity contribution in [1.82, 2.24) is 4.98 Å².